The van der Waals surface area contributed by atoms with Crippen LogP contribution in [0.2, 0.25) is 0 Å². The summed E-state index contributed by atoms with van der Waals surface area (Å²) in [5.41, 5.74) is 2.76. The van der Waals surface area contributed by atoms with E-state index in [4.69, 9.17) is 14.9 Å². The second-order valence-electron chi connectivity index (χ2n) is 4.29. The quantitative estimate of drug-likeness (QED) is 0.757. The van der Waals surface area contributed by atoms with E-state index in [9.17, 15) is 0 Å². The van der Waals surface area contributed by atoms with Gasteiger partial charge in [-0.15, -0.1) is 0 Å². The fourth-order valence-corrected chi connectivity index (χ4v) is 2.03. The SMILES string of the molecule is CC1=CC(=C(C#N)C#N)C=C(C)N1Cc1ccco1. The maximum atomic E-state index is 8.91. The van der Waals surface area contributed by atoms with Crippen LogP contribution in [0.25, 0.3) is 0 Å². The minimum Gasteiger partial charge on any atom is -0.467 e. The minimum absolute atomic E-state index is 0.136. The smallest absolute Gasteiger partial charge is 0.137 e. The van der Waals surface area contributed by atoms with Gasteiger partial charge in [-0.1, -0.05) is 0 Å². The average Bonchev–Trinajstić information content (AvgIpc) is 2.88. The van der Waals surface area contributed by atoms with Gasteiger partial charge in [0.05, 0.1) is 12.8 Å². The third kappa shape index (κ3) is 2.59. The average molecular weight is 251 g/mol. The molecule has 1 aliphatic rings. The maximum Gasteiger partial charge on any atom is 0.137 e. The Morgan fingerprint density at radius 3 is 2.32 bits per heavy atom. The molecule has 4 nitrogen and oxygen atoms in total. The molecule has 0 spiro atoms. The molecule has 1 aliphatic heterocycles. The van der Waals surface area contributed by atoms with Gasteiger partial charge in [-0.2, -0.15) is 10.5 Å². The largest absolute Gasteiger partial charge is 0.467 e. The lowest BCUT2D eigenvalue weighted by molar-refractivity contribution is 0.363. The molecular formula is C15H13N3O. The molecule has 0 aromatic carbocycles. The second kappa shape index (κ2) is 5.29. The summed E-state index contributed by atoms with van der Waals surface area (Å²) < 4.78 is 5.34. The highest BCUT2D eigenvalue weighted by Crippen LogP contribution is 2.26. The zero-order chi connectivity index (χ0) is 13.8. The van der Waals surface area contributed by atoms with Crippen LogP contribution in [-0.2, 0) is 6.54 Å². The van der Waals surface area contributed by atoms with Crippen LogP contribution in [0.5, 0.6) is 0 Å². The molecular weight excluding hydrogens is 238 g/mol. The maximum absolute atomic E-state index is 8.91. The number of hydrogen-bond acceptors (Lipinski definition) is 4. The van der Waals surface area contributed by atoms with Crippen molar-refractivity contribution in [2.75, 3.05) is 0 Å². The van der Waals surface area contributed by atoms with Gasteiger partial charge in [-0.05, 0) is 38.1 Å². The van der Waals surface area contributed by atoms with Crippen molar-refractivity contribution in [1.82, 2.24) is 4.90 Å². The predicted octanol–water partition coefficient (Wildman–Crippen LogP) is 3.25. The molecule has 2 rings (SSSR count). The van der Waals surface area contributed by atoms with Gasteiger partial charge in [-0.3, -0.25) is 0 Å². The lowest BCUT2D eigenvalue weighted by Crippen LogP contribution is -2.21. The highest BCUT2D eigenvalue weighted by molar-refractivity contribution is 5.53. The molecule has 0 unspecified atom stereocenters. The van der Waals surface area contributed by atoms with Gasteiger partial charge in [-0.25, -0.2) is 0 Å². The fraction of sp³-hybridized carbons (Fsp3) is 0.200. The van der Waals surface area contributed by atoms with E-state index in [1.165, 1.54) is 0 Å². The third-order valence-electron chi connectivity index (χ3n) is 2.99. The summed E-state index contributed by atoms with van der Waals surface area (Å²) in [6.07, 6.45) is 5.33. The molecule has 94 valence electrons. The number of rotatable bonds is 2. The van der Waals surface area contributed by atoms with Gasteiger partial charge in [0.2, 0.25) is 0 Å². The molecule has 0 fully saturated rings. The van der Waals surface area contributed by atoms with E-state index in [1.54, 1.807) is 6.26 Å². The monoisotopic (exact) mass is 251 g/mol. The molecule has 0 saturated heterocycles. The van der Waals surface area contributed by atoms with Crippen molar-refractivity contribution in [3.05, 3.63) is 58.8 Å². The van der Waals surface area contributed by atoms with Crippen LogP contribution >= 0.6 is 0 Å². The van der Waals surface area contributed by atoms with E-state index in [0.29, 0.717) is 12.1 Å². The lowest BCUT2D eigenvalue weighted by Gasteiger charge is -2.28. The minimum atomic E-state index is 0.136. The Bertz CT molecular complexity index is 611. The van der Waals surface area contributed by atoms with Gasteiger partial charge in [0.15, 0.2) is 0 Å². The molecule has 0 aliphatic carbocycles. The first-order valence-corrected chi connectivity index (χ1v) is 5.86. The van der Waals surface area contributed by atoms with Gasteiger partial charge >= 0.3 is 0 Å². The van der Waals surface area contributed by atoms with Crippen LogP contribution < -0.4 is 0 Å². The standard InChI is InChI=1S/C15H13N3O/c1-11-6-13(14(8-16)9-17)7-12(2)18(11)10-15-4-3-5-19-15/h3-7H,10H2,1-2H3. The lowest BCUT2D eigenvalue weighted by atomic mass is 10.0. The Kier molecular flexibility index (Phi) is 3.54. The molecule has 0 radical (unpaired) electrons. The van der Waals surface area contributed by atoms with E-state index < -0.39 is 0 Å². The molecule has 0 bridgehead atoms. The molecule has 0 saturated carbocycles. The van der Waals surface area contributed by atoms with E-state index in [1.807, 2.05) is 50.3 Å². The Morgan fingerprint density at radius 1 is 1.21 bits per heavy atom. The van der Waals surface area contributed by atoms with E-state index in [2.05, 4.69) is 4.90 Å². The van der Waals surface area contributed by atoms with Crippen LogP contribution in [0.15, 0.2) is 57.5 Å². The molecule has 1 aromatic rings. The van der Waals surface area contributed by atoms with Crippen LogP contribution in [0.1, 0.15) is 19.6 Å². The molecule has 0 N–H and O–H groups in total. The summed E-state index contributed by atoms with van der Waals surface area (Å²) in [6, 6.07) is 7.60. The first-order chi connectivity index (χ1) is 9.15. The Balaban J connectivity index is 2.32. The number of nitrogens with zero attached hydrogens (tertiary/aromatic N) is 3. The molecule has 1 aromatic heterocycles. The number of nitriles is 2. The molecule has 0 amide bonds. The normalized spacial score (nSPS) is 14.3. The van der Waals surface area contributed by atoms with Crippen LogP contribution in [0, 0.1) is 22.7 Å². The van der Waals surface area contributed by atoms with Crippen LogP contribution in [0.4, 0.5) is 0 Å². The number of furan rings is 1. The molecule has 19 heavy (non-hydrogen) atoms. The zero-order valence-corrected chi connectivity index (χ0v) is 10.8. The van der Waals surface area contributed by atoms with Crippen molar-refractivity contribution in [2.24, 2.45) is 0 Å². The first-order valence-electron chi connectivity index (χ1n) is 5.86. The second-order valence-corrected chi connectivity index (χ2v) is 4.29. The van der Waals surface area contributed by atoms with Crippen LogP contribution in [0.3, 0.4) is 0 Å². The summed E-state index contributed by atoms with van der Waals surface area (Å²) in [4.78, 5) is 2.08. The van der Waals surface area contributed by atoms with Crippen molar-refractivity contribution in [1.29, 1.82) is 10.5 Å². The molecule has 2 heterocycles. The summed E-state index contributed by atoms with van der Waals surface area (Å²) in [7, 11) is 0. The Labute approximate surface area is 112 Å². The summed E-state index contributed by atoms with van der Waals surface area (Å²) in [5, 5.41) is 17.8. The van der Waals surface area contributed by atoms with Crippen molar-refractivity contribution in [3.63, 3.8) is 0 Å². The van der Waals surface area contributed by atoms with Crippen molar-refractivity contribution >= 4 is 0 Å². The summed E-state index contributed by atoms with van der Waals surface area (Å²) in [5.74, 6) is 0.869. The van der Waals surface area contributed by atoms with Gasteiger partial charge in [0.1, 0.15) is 23.5 Å². The van der Waals surface area contributed by atoms with E-state index in [0.717, 1.165) is 17.2 Å². The summed E-state index contributed by atoms with van der Waals surface area (Å²) >= 11 is 0. The molecule has 0 atom stereocenters. The van der Waals surface area contributed by atoms with Gasteiger partial charge in [0.25, 0.3) is 0 Å². The summed E-state index contributed by atoms with van der Waals surface area (Å²) in [6.45, 7) is 4.54. The fourth-order valence-electron chi connectivity index (χ4n) is 2.03. The number of hydrogen-bond donors (Lipinski definition) is 0. The Hall–Kier alpha value is -2.72. The topological polar surface area (TPSA) is 64.0 Å². The molecule has 4 heteroatoms. The van der Waals surface area contributed by atoms with Crippen molar-refractivity contribution in [2.45, 2.75) is 20.4 Å². The number of allylic oxidation sites excluding steroid dienone is 6. The zero-order valence-electron chi connectivity index (χ0n) is 10.8. The van der Waals surface area contributed by atoms with Crippen molar-refractivity contribution in [3.8, 4) is 12.1 Å². The van der Waals surface area contributed by atoms with Crippen molar-refractivity contribution < 1.29 is 4.42 Å². The highest BCUT2D eigenvalue weighted by atomic mass is 16.3. The van der Waals surface area contributed by atoms with E-state index in [-0.39, 0.29) is 5.57 Å². The predicted molar refractivity (Wildman–Crippen MR) is 70.0 cm³/mol. The van der Waals surface area contributed by atoms with Gasteiger partial charge < -0.3 is 9.32 Å². The third-order valence-corrected chi connectivity index (χ3v) is 2.99. The Morgan fingerprint density at radius 2 is 1.84 bits per heavy atom. The first kappa shape index (κ1) is 12.7. The van der Waals surface area contributed by atoms with E-state index >= 15 is 0 Å². The van der Waals surface area contributed by atoms with Gasteiger partial charge in [0, 0.05) is 17.0 Å². The highest BCUT2D eigenvalue weighted by Gasteiger charge is 2.16. The van der Waals surface area contributed by atoms with Crippen LogP contribution in [-0.4, -0.2) is 4.90 Å².